The maximum atomic E-state index is 13.8. The smallest absolute Gasteiger partial charge is 0.269 e. The van der Waals surface area contributed by atoms with E-state index >= 15 is 0 Å². The summed E-state index contributed by atoms with van der Waals surface area (Å²) in [4.78, 5) is 12.8. The summed E-state index contributed by atoms with van der Waals surface area (Å²) in [6.07, 6.45) is 0. The molecule has 0 atom stereocenters. The van der Waals surface area contributed by atoms with Crippen molar-refractivity contribution in [1.29, 1.82) is 0 Å². The number of nitrogens with one attached hydrogen (secondary N) is 3. The van der Waals surface area contributed by atoms with Crippen LogP contribution in [0.4, 0.5) is 11.4 Å². The lowest BCUT2D eigenvalue weighted by Crippen LogP contribution is -2.43. The highest BCUT2D eigenvalue weighted by Gasteiger charge is 2.26. The highest BCUT2D eigenvalue weighted by atomic mass is 32.2. The third kappa shape index (κ3) is 6.72. The van der Waals surface area contributed by atoms with Gasteiger partial charge in [-0.2, -0.15) is 0 Å². The molecule has 4 aromatic rings. The van der Waals surface area contributed by atoms with Gasteiger partial charge >= 0.3 is 0 Å². The summed E-state index contributed by atoms with van der Waals surface area (Å²) in [6.45, 7) is 2.10. The number of nitrogens with zero attached hydrogens (tertiary/aromatic N) is 1. The maximum absolute atomic E-state index is 13.8. The Morgan fingerprint density at radius 3 is 2.19 bits per heavy atom. The molecule has 0 aliphatic carbocycles. The molecule has 0 aliphatic heterocycles. The van der Waals surface area contributed by atoms with Crippen LogP contribution < -0.4 is 20.5 Å². The molecule has 0 aliphatic rings. The average molecular weight is 531 g/mol. The third-order valence-electron chi connectivity index (χ3n) is 5.46. The van der Waals surface area contributed by atoms with Crippen LogP contribution in [0.5, 0.6) is 0 Å². The first-order valence-corrected chi connectivity index (χ1v) is 13.3. The van der Waals surface area contributed by atoms with Crippen molar-refractivity contribution >= 4 is 44.6 Å². The van der Waals surface area contributed by atoms with E-state index in [1.807, 2.05) is 67.6 Å². The van der Waals surface area contributed by atoms with E-state index in [9.17, 15) is 13.2 Å². The molecule has 188 valence electrons. The van der Waals surface area contributed by atoms with Gasteiger partial charge in [0.25, 0.3) is 15.9 Å². The van der Waals surface area contributed by atoms with E-state index in [-0.39, 0.29) is 22.1 Å². The molecule has 0 unspecified atom stereocenters. The van der Waals surface area contributed by atoms with Crippen LogP contribution in [0.25, 0.3) is 0 Å². The molecule has 0 saturated carbocycles. The number of hydrazine groups is 1. The van der Waals surface area contributed by atoms with Crippen LogP contribution in [-0.4, -0.2) is 19.4 Å². The Balaban J connectivity index is 1.52. The number of benzene rings is 4. The number of aryl methyl sites for hydroxylation is 1. The van der Waals surface area contributed by atoms with Crippen molar-refractivity contribution in [3.63, 3.8) is 0 Å². The zero-order valence-corrected chi connectivity index (χ0v) is 21.7. The zero-order chi connectivity index (χ0) is 26.3. The van der Waals surface area contributed by atoms with Gasteiger partial charge in [0.2, 0.25) is 0 Å². The number of hydrogen-bond acceptors (Lipinski definition) is 4. The molecule has 0 heterocycles. The van der Waals surface area contributed by atoms with Crippen molar-refractivity contribution in [3.8, 4) is 0 Å². The fraction of sp³-hybridized carbons (Fsp3) is 0.0714. The van der Waals surface area contributed by atoms with Crippen LogP contribution in [-0.2, 0) is 16.6 Å². The van der Waals surface area contributed by atoms with Crippen LogP contribution in [0.1, 0.15) is 21.5 Å². The highest BCUT2D eigenvalue weighted by Crippen LogP contribution is 2.26. The third-order valence-corrected chi connectivity index (χ3v) is 7.44. The van der Waals surface area contributed by atoms with Gasteiger partial charge in [-0.05, 0) is 72.7 Å². The van der Waals surface area contributed by atoms with Crippen molar-refractivity contribution in [2.75, 3.05) is 9.62 Å². The largest absolute Gasteiger partial charge is 0.331 e. The lowest BCUT2D eigenvalue weighted by molar-refractivity contribution is 0.0944. The zero-order valence-electron chi connectivity index (χ0n) is 20.1. The van der Waals surface area contributed by atoms with Gasteiger partial charge in [0.1, 0.15) is 0 Å². The van der Waals surface area contributed by atoms with Crippen LogP contribution in [0.3, 0.4) is 0 Å². The molecule has 9 heteroatoms. The number of rotatable bonds is 7. The van der Waals surface area contributed by atoms with Gasteiger partial charge < -0.3 is 5.32 Å². The second-order valence-electron chi connectivity index (χ2n) is 8.26. The number of carbonyl (C=O) groups is 1. The summed E-state index contributed by atoms with van der Waals surface area (Å²) in [6, 6.07) is 31.7. The SMILES string of the molecule is Cc1cccc(NC(=S)NNC(=O)c2cccc(S(=O)(=O)N(Cc3ccccc3)c3ccccc3)c2)c1. The second-order valence-corrected chi connectivity index (χ2v) is 10.5. The predicted octanol–water partition coefficient (Wildman–Crippen LogP) is 5.02. The number of para-hydroxylation sites is 1. The number of carbonyl (C=O) groups excluding carboxylic acids is 1. The monoisotopic (exact) mass is 530 g/mol. The molecule has 0 spiro atoms. The molecule has 4 aromatic carbocycles. The molecule has 7 nitrogen and oxygen atoms in total. The molecule has 4 rings (SSSR count). The van der Waals surface area contributed by atoms with E-state index < -0.39 is 15.9 Å². The van der Waals surface area contributed by atoms with Gasteiger partial charge in [0.15, 0.2) is 5.11 Å². The fourth-order valence-electron chi connectivity index (χ4n) is 3.65. The molecule has 37 heavy (non-hydrogen) atoms. The van der Waals surface area contributed by atoms with E-state index in [1.165, 1.54) is 28.6 Å². The number of hydrogen-bond donors (Lipinski definition) is 3. The summed E-state index contributed by atoms with van der Waals surface area (Å²) >= 11 is 5.24. The van der Waals surface area contributed by atoms with E-state index in [2.05, 4.69) is 16.2 Å². The minimum absolute atomic E-state index is 0.000367. The van der Waals surface area contributed by atoms with Gasteiger partial charge in [-0.15, -0.1) is 0 Å². The van der Waals surface area contributed by atoms with Gasteiger partial charge in [-0.3, -0.25) is 20.0 Å². The Morgan fingerprint density at radius 2 is 1.49 bits per heavy atom. The van der Waals surface area contributed by atoms with E-state index in [1.54, 1.807) is 24.3 Å². The first-order chi connectivity index (χ1) is 17.8. The summed E-state index contributed by atoms with van der Waals surface area (Å²) in [5, 5.41) is 3.18. The van der Waals surface area contributed by atoms with Crippen molar-refractivity contribution in [2.24, 2.45) is 0 Å². The van der Waals surface area contributed by atoms with Crippen LogP contribution in [0, 0.1) is 6.92 Å². The lowest BCUT2D eigenvalue weighted by atomic mass is 10.2. The first-order valence-electron chi connectivity index (χ1n) is 11.5. The molecular formula is C28H26N4O3S2. The predicted molar refractivity (Wildman–Crippen MR) is 151 cm³/mol. The van der Waals surface area contributed by atoms with Crippen molar-refractivity contribution in [1.82, 2.24) is 10.9 Å². The summed E-state index contributed by atoms with van der Waals surface area (Å²) in [5.41, 5.74) is 8.53. The van der Waals surface area contributed by atoms with Crippen LogP contribution in [0.2, 0.25) is 0 Å². The van der Waals surface area contributed by atoms with Crippen LogP contribution >= 0.6 is 12.2 Å². The summed E-state index contributed by atoms with van der Waals surface area (Å²) < 4.78 is 28.8. The Kier molecular flexibility index (Phi) is 8.17. The molecule has 0 radical (unpaired) electrons. The van der Waals surface area contributed by atoms with E-state index in [0.29, 0.717) is 5.69 Å². The number of amides is 1. The van der Waals surface area contributed by atoms with E-state index in [0.717, 1.165) is 16.8 Å². The molecule has 0 aromatic heterocycles. The Morgan fingerprint density at radius 1 is 0.811 bits per heavy atom. The molecule has 3 N–H and O–H groups in total. The van der Waals surface area contributed by atoms with Gasteiger partial charge in [0.05, 0.1) is 17.1 Å². The second kappa shape index (κ2) is 11.7. The van der Waals surface area contributed by atoms with Crippen molar-refractivity contribution in [3.05, 3.63) is 126 Å². The quantitative estimate of drug-likeness (QED) is 0.230. The molecule has 0 saturated heterocycles. The van der Waals surface area contributed by atoms with Gasteiger partial charge in [0, 0.05) is 11.3 Å². The normalized spacial score (nSPS) is 10.8. The summed E-state index contributed by atoms with van der Waals surface area (Å²) in [7, 11) is -3.99. The number of sulfonamides is 1. The lowest BCUT2D eigenvalue weighted by Gasteiger charge is -2.25. The van der Waals surface area contributed by atoms with Crippen LogP contribution in [0.15, 0.2) is 114 Å². The fourth-order valence-corrected chi connectivity index (χ4v) is 5.32. The topological polar surface area (TPSA) is 90.5 Å². The molecule has 0 fully saturated rings. The Bertz CT molecular complexity index is 1490. The summed E-state index contributed by atoms with van der Waals surface area (Å²) in [5.74, 6) is -0.528. The minimum atomic E-state index is -3.99. The van der Waals surface area contributed by atoms with Gasteiger partial charge in [-0.25, -0.2) is 8.42 Å². The van der Waals surface area contributed by atoms with Gasteiger partial charge in [-0.1, -0.05) is 66.7 Å². The molecular weight excluding hydrogens is 504 g/mol. The van der Waals surface area contributed by atoms with E-state index in [4.69, 9.17) is 12.2 Å². The van der Waals surface area contributed by atoms with Crippen molar-refractivity contribution in [2.45, 2.75) is 18.4 Å². The minimum Gasteiger partial charge on any atom is -0.331 e. The average Bonchev–Trinajstić information content (AvgIpc) is 2.91. The van der Waals surface area contributed by atoms with Crippen molar-refractivity contribution < 1.29 is 13.2 Å². The maximum Gasteiger partial charge on any atom is 0.269 e. The Hall–Kier alpha value is -4.21. The number of thiocarbonyl (C=S) groups is 1. The first kappa shape index (κ1) is 25.9. The highest BCUT2D eigenvalue weighted by molar-refractivity contribution is 7.92. The standard InChI is InChI=1S/C28H26N4O3S2/c1-21-10-8-14-24(18-21)29-28(36)31-30-27(33)23-13-9-17-26(19-23)37(34,35)32(25-15-6-3-7-16-25)20-22-11-4-2-5-12-22/h2-19H,20H2,1H3,(H,30,33)(H2,29,31,36). The number of anilines is 2. The molecule has 1 amide bonds. The Labute approximate surface area is 222 Å². The molecule has 0 bridgehead atoms.